The van der Waals surface area contributed by atoms with Crippen molar-refractivity contribution >= 4 is 20.9 Å². The first kappa shape index (κ1) is 15.1. The number of nitrogens with zero attached hydrogens (tertiary/aromatic N) is 2. The minimum absolute atomic E-state index is 0.0561. The second kappa shape index (κ2) is 5.59. The molecule has 6 nitrogen and oxygen atoms in total. The van der Waals surface area contributed by atoms with Crippen molar-refractivity contribution in [2.75, 3.05) is 0 Å². The van der Waals surface area contributed by atoms with E-state index in [-0.39, 0.29) is 15.9 Å². The lowest BCUT2D eigenvalue weighted by atomic mass is 10.3. The van der Waals surface area contributed by atoms with Gasteiger partial charge in [0.05, 0.1) is 4.90 Å². The lowest BCUT2D eigenvalue weighted by Crippen LogP contribution is -2.15. The molecule has 24 heavy (non-hydrogen) atoms. The van der Waals surface area contributed by atoms with E-state index >= 15 is 0 Å². The Kier molecular flexibility index (Phi) is 3.53. The van der Waals surface area contributed by atoms with E-state index in [4.69, 9.17) is 4.74 Å². The highest BCUT2D eigenvalue weighted by molar-refractivity contribution is 7.91. The molecule has 0 radical (unpaired) electrons. The van der Waals surface area contributed by atoms with Gasteiger partial charge in [0.15, 0.2) is 0 Å². The van der Waals surface area contributed by atoms with Crippen molar-refractivity contribution in [1.29, 1.82) is 0 Å². The Hall–Kier alpha value is -2.41. The first-order chi connectivity index (χ1) is 11.6. The Balaban J connectivity index is 1.78. The molecule has 1 aliphatic rings. The summed E-state index contributed by atoms with van der Waals surface area (Å²) in [5.74, 6) is 0.950. The molecule has 0 bridgehead atoms. The summed E-state index contributed by atoms with van der Waals surface area (Å²) < 4.78 is 31.6. The molecule has 0 spiro atoms. The molecule has 1 unspecified atom stereocenters. The van der Waals surface area contributed by atoms with Crippen LogP contribution >= 0.6 is 0 Å². The van der Waals surface area contributed by atoms with E-state index in [9.17, 15) is 8.42 Å². The third-order valence-corrected chi connectivity index (χ3v) is 6.10. The van der Waals surface area contributed by atoms with Gasteiger partial charge in [-0.3, -0.25) is 0 Å². The average molecular weight is 343 g/mol. The van der Waals surface area contributed by atoms with Crippen molar-refractivity contribution in [3.63, 3.8) is 0 Å². The van der Waals surface area contributed by atoms with Gasteiger partial charge in [-0.05, 0) is 37.8 Å². The van der Waals surface area contributed by atoms with Gasteiger partial charge in [0.2, 0.25) is 15.7 Å². The Morgan fingerprint density at radius 1 is 1.21 bits per heavy atom. The van der Waals surface area contributed by atoms with E-state index in [1.54, 1.807) is 30.3 Å². The molecular formula is C17H17N3O3S. The van der Waals surface area contributed by atoms with Crippen LogP contribution in [0.4, 0.5) is 0 Å². The van der Waals surface area contributed by atoms with Gasteiger partial charge in [-0.15, -0.1) is 0 Å². The van der Waals surface area contributed by atoms with E-state index < -0.39 is 9.84 Å². The largest absolute Gasteiger partial charge is 0.473 e. The number of benzene rings is 1. The normalized spacial score (nSPS) is 16.2. The third kappa shape index (κ3) is 2.54. The summed E-state index contributed by atoms with van der Waals surface area (Å²) in [4.78, 5) is 11.7. The molecule has 1 saturated carbocycles. The van der Waals surface area contributed by atoms with Crippen LogP contribution < -0.4 is 4.74 Å². The standard InChI is InChI=1S/C17H17N3O3S/c1-11(12-7-8-12)23-17-16-15(19-10-20-17)14(9-18-16)24(21,22)13-5-3-2-4-6-13/h2-6,9-12,18H,7-8H2,1H3. The molecule has 1 fully saturated rings. The number of rotatable bonds is 5. The maximum absolute atomic E-state index is 12.8. The second-order valence-electron chi connectivity index (χ2n) is 6.03. The predicted molar refractivity (Wildman–Crippen MR) is 88.6 cm³/mol. The van der Waals surface area contributed by atoms with Gasteiger partial charge in [0.25, 0.3) is 0 Å². The van der Waals surface area contributed by atoms with Crippen molar-refractivity contribution in [3.8, 4) is 5.88 Å². The lowest BCUT2D eigenvalue weighted by Gasteiger charge is -2.12. The zero-order chi connectivity index (χ0) is 16.7. The van der Waals surface area contributed by atoms with Gasteiger partial charge in [0.1, 0.15) is 28.4 Å². The SMILES string of the molecule is CC(Oc1ncnc2c(S(=O)(=O)c3ccccc3)c[nH]c12)C1CC1. The van der Waals surface area contributed by atoms with Crippen LogP contribution in [0.2, 0.25) is 0 Å². The Bertz CT molecular complexity index is 979. The van der Waals surface area contributed by atoms with E-state index in [0.717, 1.165) is 12.8 Å². The fourth-order valence-corrected chi connectivity index (χ4v) is 4.14. The van der Waals surface area contributed by atoms with Crippen molar-refractivity contribution < 1.29 is 13.2 Å². The number of hydrogen-bond acceptors (Lipinski definition) is 5. The first-order valence-corrected chi connectivity index (χ1v) is 9.34. The molecule has 4 rings (SSSR count). The second-order valence-corrected chi connectivity index (χ2v) is 7.95. The van der Waals surface area contributed by atoms with Gasteiger partial charge in [-0.2, -0.15) is 4.98 Å². The monoisotopic (exact) mass is 343 g/mol. The smallest absolute Gasteiger partial charge is 0.241 e. The summed E-state index contributed by atoms with van der Waals surface area (Å²) in [6, 6.07) is 8.32. The lowest BCUT2D eigenvalue weighted by molar-refractivity contribution is 0.192. The van der Waals surface area contributed by atoms with Gasteiger partial charge in [-0.25, -0.2) is 13.4 Å². The van der Waals surface area contributed by atoms with E-state index in [0.29, 0.717) is 22.8 Å². The van der Waals surface area contributed by atoms with Crippen LogP contribution in [0.25, 0.3) is 11.0 Å². The van der Waals surface area contributed by atoms with Crippen LogP contribution in [0.5, 0.6) is 5.88 Å². The van der Waals surface area contributed by atoms with Crippen LogP contribution in [-0.4, -0.2) is 29.5 Å². The highest BCUT2D eigenvalue weighted by atomic mass is 32.2. The number of H-pyrrole nitrogens is 1. The Labute approximate surface area is 139 Å². The number of fused-ring (bicyclic) bond motifs is 1. The van der Waals surface area contributed by atoms with E-state index in [1.165, 1.54) is 12.5 Å². The molecule has 3 aromatic rings. The van der Waals surface area contributed by atoms with Gasteiger partial charge >= 0.3 is 0 Å². The number of sulfone groups is 1. The number of nitrogens with one attached hydrogen (secondary N) is 1. The minimum Gasteiger partial charge on any atom is -0.473 e. The van der Waals surface area contributed by atoms with Gasteiger partial charge in [-0.1, -0.05) is 18.2 Å². The zero-order valence-electron chi connectivity index (χ0n) is 13.1. The molecule has 2 heterocycles. The number of aromatic amines is 1. The zero-order valence-corrected chi connectivity index (χ0v) is 14.0. The minimum atomic E-state index is -3.65. The topological polar surface area (TPSA) is 84.9 Å². The van der Waals surface area contributed by atoms with Crippen LogP contribution in [0.1, 0.15) is 19.8 Å². The van der Waals surface area contributed by atoms with Crippen molar-refractivity contribution in [2.45, 2.75) is 35.7 Å². The summed E-state index contributed by atoms with van der Waals surface area (Å²) >= 11 is 0. The maximum atomic E-state index is 12.8. The molecule has 7 heteroatoms. The van der Waals surface area contributed by atoms with E-state index in [2.05, 4.69) is 15.0 Å². The molecule has 0 saturated heterocycles. The first-order valence-electron chi connectivity index (χ1n) is 7.86. The third-order valence-electron chi connectivity index (χ3n) is 4.32. The molecule has 1 atom stereocenters. The fraction of sp³-hybridized carbons (Fsp3) is 0.294. The molecular weight excluding hydrogens is 326 g/mol. The fourth-order valence-electron chi connectivity index (χ4n) is 2.75. The molecule has 1 N–H and O–H groups in total. The molecule has 1 aromatic carbocycles. The van der Waals surface area contributed by atoms with Crippen LogP contribution in [0.3, 0.4) is 0 Å². The molecule has 0 aliphatic heterocycles. The van der Waals surface area contributed by atoms with Crippen LogP contribution in [0, 0.1) is 5.92 Å². The Morgan fingerprint density at radius 2 is 1.96 bits per heavy atom. The van der Waals surface area contributed by atoms with Crippen molar-refractivity contribution in [2.24, 2.45) is 5.92 Å². The molecule has 2 aromatic heterocycles. The highest BCUT2D eigenvalue weighted by Crippen LogP contribution is 2.36. The van der Waals surface area contributed by atoms with Crippen molar-refractivity contribution in [1.82, 2.24) is 15.0 Å². The van der Waals surface area contributed by atoms with Gasteiger partial charge < -0.3 is 9.72 Å². The molecule has 124 valence electrons. The van der Waals surface area contributed by atoms with Crippen LogP contribution in [-0.2, 0) is 9.84 Å². The number of hydrogen-bond donors (Lipinski definition) is 1. The van der Waals surface area contributed by atoms with Crippen LogP contribution in [0.15, 0.2) is 52.6 Å². The van der Waals surface area contributed by atoms with Crippen molar-refractivity contribution in [3.05, 3.63) is 42.9 Å². The molecule has 1 aliphatic carbocycles. The highest BCUT2D eigenvalue weighted by Gasteiger charge is 2.31. The quantitative estimate of drug-likeness (QED) is 0.770. The number of ether oxygens (including phenoxy) is 1. The van der Waals surface area contributed by atoms with Gasteiger partial charge in [0, 0.05) is 6.20 Å². The maximum Gasteiger partial charge on any atom is 0.241 e. The average Bonchev–Trinajstić information content (AvgIpc) is 3.35. The summed E-state index contributed by atoms with van der Waals surface area (Å²) in [7, 11) is -3.65. The summed E-state index contributed by atoms with van der Waals surface area (Å²) in [5, 5.41) is 0. The Morgan fingerprint density at radius 3 is 2.67 bits per heavy atom. The summed E-state index contributed by atoms with van der Waals surface area (Å²) in [6.07, 6.45) is 5.17. The number of aromatic nitrogens is 3. The molecule has 0 amide bonds. The summed E-state index contributed by atoms with van der Waals surface area (Å²) in [6.45, 7) is 2.01. The summed E-state index contributed by atoms with van der Waals surface area (Å²) in [5.41, 5.74) is 0.867. The predicted octanol–water partition coefficient (Wildman–Crippen LogP) is 2.97. The van der Waals surface area contributed by atoms with E-state index in [1.807, 2.05) is 6.92 Å².